The van der Waals surface area contributed by atoms with E-state index in [1.54, 1.807) is 6.07 Å². The molecule has 1 saturated heterocycles. The van der Waals surface area contributed by atoms with Crippen molar-refractivity contribution < 1.29 is 9.84 Å². The maximum absolute atomic E-state index is 10.0. The number of nitrogens with one attached hydrogen (secondary N) is 1. The van der Waals surface area contributed by atoms with Gasteiger partial charge in [-0.3, -0.25) is 0 Å². The summed E-state index contributed by atoms with van der Waals surface area (Å²) < 4.78 is 5.82. The molecule has 6 heteroatoms. The summed E-state index contributed by atoms with van der Waals surface area (Å²) in [6.07, 6.45) is 0. The molecule has 1 aliphatic heterocycles. The zero-order valence-electron chi connectivity index (χ0n) is 16.0. The van der Waals surface area contributed by atoms with E-state index in [-0.39, 0.29) is 0 Å². The Morgan fingerprint density at radius 2 is 1.41 bits per heavy atom. The van der Waals surface area contributed by atoms with E-state index >= 15 is 0 Å². The Hall–Kier alpha value is -3.25. The van der Waals surface area contributed by atoms with Crippen LogP contribution in [0.1, 0.15) is 0 Å². The molecule has 0 amide bonds. The Bertz CT molecular complexity index is 955. The second kappa shape index (κ2) is 8.84. The number of nitrogens with zero attached hydrogens (tertiary/aromatic N) is 2. The third kappa shape index (κ3) is 4.78. The van der Waals surface area contributed by atoms with Crippen LogP contribution in [0.4, 0.5) is 11.4 Å². The first-order valence-corrected chi connectivity index (χ1v) is 10.0. The lowest BCUT2D eigenvalue weighted by Crippen LogP contribution is -2.50. The van der Waals surface area contributed by atoms with Crippen LogP contribution in [0, 0.1) is 0 Å². The van der Waals surface area contributed by atoms with Crippen molar-refractivity contribution in [3.05, 3.63) is 78.9 Å². The first-order chi connectivity index (χ1) is 14.2. The number of para-hydroxylation sites is 3. The van der Waals surface area contributed by atoms with Crippen molar-refractivity contribution in [3.63, 3.8) is 0 Å². The third-order valence-corrected chi connectivity index (χ3v) is 5.23. The van der Waals surface area contributed by atoms with Crippen LogP contribution in [0.15, 0.2) is 78.9 Å². The zero-order valence-corrected chi connectivity index (χ0v) is 16.8. The predicted octanol–water partition coefficient (Wildman–Crippen LogP) is 4.70. The molecular formula is C23H23N3O2S. The highest BCUT2D eigenvalue weighted by atomic mass is 32.1. The molecule has 0 spiro atoms. The first-order valence-electron chi connectivity index (χ1n) is 9.61. The van der Waals surface area contributed by atoms with Gasteiger partial charge in [0.15, 0.2) is 5.11 Å². The van der Waals surface area contributed by atoms with Crippen molar-refractivity contribution in [1.29, 1.82) is 0 Å². The standard InChI is InChI=1S/C23H23N3O2S/c27-22-9-5-4-8-21(22)25-14-16-26(17-15-25)23(29)24-18-10-12-20(13-11-18)28-19-6-2-1-3-7-19/h1-13,27H,14-17H2,(H,24,29). The van der Waals surface area contributed by atoms with Crippen LogP contribution in [0.25, 0.3) is 0 Å². The summed E-state index contributed by atoms with van der Waals surface area (Å²) >= 11 is 5.59. The monoisotopic (exact) mass is 405 g/mol. The van der Waals surface area contributed by atoms with Gasteiger partial charge in [0.05, 0.1) is 5.69 Å². The molecule has 29 heavy (non-hydrogen) atoms. The molecule has 1 heterocycles. The molecule has 0 aliphatic carbocycles. The number of hydrogen-bond acceptors (Lipinski definition) is 4. The molecular weight excluding hydrogens is 382 g/mol. The average molecular weight is 406 g/mol. The van der Waals surface area contributed by atoms with Gasteiger partial charge in [-0.25, -0.2) is 0 Å². The van der Waals surface area contributed by atoms with Gasteiger partial charge in [0.2, 0.25) is 0 Å². The summed E-state index contributed by atoms with van der Waals surface area (Å²) in [7, 11) is 0. The molecule has 1 fully saturated rings. The van der Waals surface area contributed by atoms with Gasteiger partial charge in [-0.05, 0) is 60.7 Å². The van der Waals surface area contributed by atoms with Gasteiger partial charge < -0.3 is 25.0 Å². The molecule has 0 bridgehead atoms. The van der Waals surface area contributed by atoms with Gasteiger partial charge in [-0.1, -0.05) is 30.3 Å². The van der Waals surface area contributed by atoms with E-state index in [0.29, 0.717) is 10.9 Å². The number of anilines is 2. The number of hydrogen-bond donors (Lipinski definition) is 2. The molecule has 5 nitrogen and oxygen atoms in total. The number of phenols is 1. The van der Waals surface area contributed by atoms with E-state index in [4.69, 9.17) is 17.0 Å². The SMILES string of the molecule is Oc1ccccc1N1CCN(C(=S)Nc2ccc(Oc3ccccc3)cc2)CC1. The first kappa shape index (κ1) is 19.1. The van der Waals surface area contributed by atoms with Crippen molar-refractivity contribution in [2.75, 3.05) is 36.4 Å². The second-order valence-corrected chi connectivity index (χ2v) is 7.22. The van der Waals surface area contributed by atoms with E-state index in [1.807, 2.05) is 72.8 Å². The lowest BCUT2D eigenvalue weighted by molar-refractivity contribution is 0.387. The quantitative estimate of drug-likeness (QED) is 0.614. The van der Waals surface area contributed by atoms with E-state index in [0.717, 1.165) is 49.1 Å². The van der Waals surface area contributed by atoms with Crippen molar-refractivity contribution in [2.45, 2.75) is 0 Å². The number of rotatable bonds is 4. The van der Waals surface area contributed by atoms with Crippen molar-refractivity contribution in [2.24, 2.45) is 0 Å². The normalized spacial score (nSPS) is 13.8. The summed E-state index contributed by atoms with van der Waals surface area (Å²) in [5.74, 6) is 1.91. The smallest absolute Gasteiger partial charge is 0.173 e. The maximum atomic E-state index is 10.0. The Labute approximate surface area is 176 Å². The highest BCUT2D eigenvalue weighted by Crippen LogP contribution is 2.27. The Morgan fingerprint density at radius 3 is 2.10 bits per heavy atom. The van der Waals surface area contributed by atoms with Crippen LogP contribution in [0.5, 0.6) is 17.2 Å². The molecule has 1 aliphatic rings. The molecule has 0 aromatic heterocycles. The van der Waals surface area contributed by atoms with Gasteiger partial charge in [-0.15, -0.1) is 0 Å². The number of aromatic hydroxyl groups is 1. The topological polar surface area (TPSA) is 48.0 Å². The number of phenolic OH excluding ortho intramolecular Hbond substituents is 1. The molecule has 2 N–H and O–H groups in total. The Kier molecular flexibility index (Phi) is 5.81. The van der Waals surface area contributed by atoms with Gasteiger partial charge in [-0.2, -0.15) is 0 Å². The van der Waals surface area contributed by atoms with Crippen molar-refractivity contribution >= 4 is 28.7 Å². The molecule has 4 rings (SSSR count). The van der Waals surface area contributed by atoms with Gasteiger partial charge in [0, 0.05) is 31.9 Å². The minimum absolute atomic E-state index is 0.319. The molecule has 3 aromatic rings. The van der Waals surface area contributed by atoms with Crippen LogP contribution < -0.4 is 15.0 Å². The zero-order chi connectivity index (χ0) is 20.1. The molecule has 0 unspecified atom stereocenters. The van der Waals surface area contributed by atoms with Gasteiger partial charge >= 0.3 is 0 Å². The Balaban J connectivity index is 1.30. The number of piperazine rings is 1. The highest BCUT2D eigenvalue weighted by molar-refractivity contribution is 7.80. The summed E-state index contributed by atoms with van der Waals surface area (Å²) in [5.41, 5.74) is 1.80. The fourth-order valence-electron chi connectivity index (χ4n) is 3.32. The summed E-state index contributed by atoms with van der Waals surface area (Å²) in [6.45, 7) is 3.22. The van der Waals surface area contributed by atoms with E-state index in [9.17, 15) is 5.11 Å². The number of thiocarbonyl (C=S) groups is 1. The Morgan fingerprint density at radius 1 is 0.793 bits per heavy atom. The van der Waals surface area contributed by atoms with Crippen LogP contribution in [-0.4, -0.2) is 41.3 Å². The third-order valence-electron chi connectivity index (χ3n) is 4.87. The minimum atomic E-state index is 0.319. The molecule has 0 atom stereocenters. The lowest BCUT2D eigenvalue weighted by Gasteiger charge is -2.37. The van der Waals surface area contributed by atoms with E-state index in [1.165, 1.54) is 0 Å². The van der Waals surface area contributed by atoms with E-state index in [2.05, 4.69) is 15.1 Å². The van der Waals surface area contributed by atoms with Crippen LogP contribution in [0.2, 0.25) is 0 Å². The fraction of sp³-hybridized carbons (Fsp3) is 0.174. The predicted molar refractivity (Wildman–Crippen MR) is 121 cm³/mol. The van der Waals surface area contributed by atoms with Crippen LogP contribution in [0.3, 0.4) is 0 Å². The second-order valence-electron chi connectivity index (χ2n) is 6.83. The number of ether oxygens (including phenoxy) is 1. The van der Waals surface area contributed by atoms with Crippen LogP contribution in [-0.2, 0) is 0 Å². The minimum Gasteiger partial charge on any atom is -0.506 e. The van der Waals surface area contributed by atoms with Crippen molar-refractivity contribution in [3.8, 4) is 17.2 Å². The lowest BCUT2D eigenvalue weighted by atomic mass is 10.2. The number of benzene rings is 3. The van der Waals surface area contributed by atoms with E-state index < -0.39 is 0 Å². The van der Waals surface area contributed by atoms with Crippen molar-refractivity contribution in [1.82, 2.24) is 4.90 Å². The van der Waals surface area contributed by atoms with Gasteiger partial charge in [0.1, 0.15) is 17.2 Å². The molecule has 3 aromatic carbocycles. The molecule has 0 saturated carbocycles. The highest BCUT2D eigenvalue weighted by Gasteiger charge is 2.20. The summed E-state index contributed by atoms with van der Waals surface area (Å²) in [6, 6.07) is 24.9. The van der Waals surface area contributed by atoms with Crippen LogP contribution >= 0.6 is 12.2 Å². The average Bonchev–Trinajstić information content (AvgIpc) is 2.76. The summed E-state index contributed by atoms with van der Waals surface area (Å²) in [4.78, 5) is 4.34. The molecule has 0 radical (unpaired) electrons. The van der Waals surface area contributed by atoms with Gasteiger partial charge in [0.25, 0.3) is 0 Å². The maximum Gasteiger partial charge on any atom is 0.173 e. The fourth-order valence-corrected chi connectivity index (χ4v) is 3.62. The molecule has 148 valence electrons. The summed E-state index contributed by atoms with van der Waals surface area (Å²) in [5, 5.41) is 14.1. The largest absolute Gasteiger partial charge is 0.506 e.